The lowest BCUT2D eigenvalue weighted by atomic mass is 9.84. The average molecular weight is 385 g/mol. The number of aromatic nitrogens is 1. The molecule has 2 heterocycles. The summed E-state index contributed by atoms with van der Waals surface area (Å²) in [5, 5.41) is 21.6. The van der Waals surface area contributed by atoms with E-state index in [2.05, 4.69) is 23.7 Å². The molecule has 2 N–H and O–H groups in total. The SMILES string of the molecule is COc1cc(O)ccc1[C@](O)(CCCN1[C@H](C)CCC[C@@H]1C)c1ccccn1. The molecular formula is C23H32N2O3. The quantitative estimate of drug-likeness (QED) is 0.753. The average Bonchev–Trinajstić information content (AvgIpc) is 2.70. The van der Waals surface area contributed by atoms with Gasteiger partial charge < -0.3 is 14.9 Å². The first-order chi connectivity index (χ1) is 13.5. The lowest BCUT2D eigenvalue weighted by Crippen LogP contribution is -2.44. The van der Waals surface area contributed by atoms with Crippen LogP contribution in [0.25, 0.3) is 0 Å². The highest BCUT2D eigenvalue weighted by molar-refractivity contribution is 5.46. The predicted octanol–water partition coefficient (Wildman–Crippen LogP) is 4.07. The summed E-state index contributed by atoms with van der Waals surface area (Å²) >= 11 is 0. The van der Waals surface area contributed by atoms with Gasteiger partial charge in [0.15, 0.2) is 0 Å². The molecule has 3 rings (SSSR count). The fourth-order valence-corrected chi connectivity index (χ4v) is 4.46. The number of aliphatic hydroxyl groups is 1. The number of hydrogen-bond acceptors (Lipinski definition) is 5. The summed E-state index contributed by atoms with van der Waals surface area (Å²) in [6.45, 7) is 5.53. The Labute approximate surface area is 168 Å². The Kier molecular flexibility index (Phi) is 6.57. The summed E-state index contributed by atoms with van der Waals surface area (Å²) in [6.07, 6.45) is 6.83. The van der Waals surface area contributed by atoms with Crippen molar-refractivity contribution in [1.29, 1.82) is 0 Å². The van der Waals surface area contributed by atoms with Crippen molar-refractivity contribution in [3.63, 3.8) is 0 Å². The number of benzene rings is 1. The van der Waals surface area contributed by atoms with E-state index in [0.29, 0.717) is 35.5 Å². The first-order valence-corrected chi connectivity index (χ1v) is 10.2. The number of pyridine rings is 1. The number of hydrogen-bond donors (Lipinski definition) is 2. The van der Waals surface area contributed by atoms with Gasteiger partial charge in [-0.05, 0) is 70.3 Å². The molecule has 28 heavy (non-hydrogen) atoms. The number of methoxy groups -OCH3 is 1. The van der Waals surface area contributed by atoms with Gasteiger partial charge >= 0.3 is 0 Å². The minimum Gasteiger partial charge on any atom is -0.508 e. The fourth-order valence-electron chi connectivity index (χ4n) is 4.46. The van der Waals surface area contributed by atoms with Crippen LogP contribution in [0.4, 0.5) is 0 Å². The van der Waals surface area contributed by atoms with Crippen molar-refractivity contribution in [2.24, 2.45) is 0 Å². The minimum atomic E-state index is -1.28. The molecule has 1 fully saturated rings. The molecule has 0 unspecified atom stereocenters. The first kappa shape index (κ1) is 20.6. The van der Waals surface area contributed by atoms with E-state index in [1.807, 2.05) is 18.2 Å². The Morgan fingerprint density at radius 1 is 1.18 bits per heavy atom. The maximum absolute atomic E-state index is 11.8. The molecule has 0 aliphatic carbocycles. The molecule has 5 nitrogen and oxygen atoms in total. The van der Waals surface area contributed by atoms with Crippen LogP contribution in [0.5, 0.6) is 11.5 Å². The van der Waals surface area contributed by atoms with Crippen LogP contribution in [0.2, 0.25) is 0 Å². The number of ether oxygens (including phenoxy) is 1. The highest BCUT2D eigenvalue weighted by atomic mass is 16.5. The van der Waals surface area contributed by atoms with Gasteiger partial charge in [0.25, 0.3) is 0 Å². The Balaban J connectivity index is 1.86. The minimum absolute atomic E-state index is 0.111. The van der Waals surface area contributed by atoms with E-state index in [1.165, 1.54) is 25.3 Å². The normalized spacial score (nSPS) is 22.6. The van der Waals surface area contributed by atoms with Gasteiger partial charge in [0.1, 0.15) is 17.1 Å². The number of phenols is 1. The lowest BCUT2D eigenvalue weighted by molar-refractivity contribution is 0.0470. The predicted molar refractivity (Wildman–Crippen MR) is 111 cm³/mol. The van der Waals surface area contributed by atoms with Crippen LogP contribution >= 0.6 is 0 Å². The zero-order valence-corrected chi connectivity index (χ0v) is 17.1. The summed E-state index contributed by atoms with van der Waals surface area (Å²) in [4.78, 5) is 6.99. The number of rotatable bonds is 7. The van der Waals surface area contributed by atoms with E-state index in [0.717, 1.165) is 13.0 Å². The van der Waals surface area contributed by atoms with Crippen LogP contribution in [-0.2, 0) is 5.60 Å². The summed E-state index contributed by atoms with van der Waals surface area (Å²) < 4.78 is 5.47. The Morgan fingerprint density at radius 2 is 1.93 bits per heavy atom. The van der Waals surface area contributed by atoms with Crippen LogP contribution in [0.3, 0.4) is 0 Å². The maximum Gasteiger partial charge on any atom is 0.135 e. The monoisotopic (exact) mass is 384 g/mol. The van der Waals surface area contributed by atoms with Crippen LogP contribution < -0.4 is 4.74 Å². The third-order valence-corrected chi connectivity index (χ3v) is 6.05. The van der Waals surface area contributed by atoms with Gasteiger partial charge in [0.05, 0.1) is 12.8 Å². The van der Waals surface area contributed by atoms with Crippen molar-refractivity contribution in [3.8, 4) is 11.5 Å². The number of phenolic OH excluding ortho intramolecular Hbond substituents is 1. The number of nitrogens with zero attached hydrogens (tertiary/aromatic N) is 2. The van der Waals surface area contributed by atoms with E-state index in [-0.39, 0.29) is 5.75 Å². The molecule has 1 saturated heterocycles. The van der Waals surface area contributed by atoms with E-state index < -0.39 is 5.60 Å². The van der Waals surface area contributed by atoms with E-state index in [9.17, 15) is 10.2 Å². The summed E-state index contributed by atoms with van der Waals surface area (Å²) in [5.41, 5.74) is -0.0484. The van der Waals surface area contributed by atoms with Crippen LogP contribution in [0.1, 0.15) is 57.2 Å². The van der Waals surface area contributed by atoms with Gasteiger partial charge in [-0.15, -0.1) is 0 Å². The largest absolute Gasteiger partial charge is 0.508 e. The molecule has 0 bridgehead atoms. The zero-order valence-electron chi connectivity index (χ0n) is 17.1. The van der Waals surface area contributed by atoms with Crippen molar-refractivity contribution in [2.75, 3.05) is 13.7 Å². The van der Waals surface area contributed by atoms with Crippen molar-refractivity contribution < 1.29 is 14.9 Å². The first-order valence-electron chi connectivity index (χ1n) is 10.2. The summed E-state index contributed by atoms with van der Waals surface area (Å²) in [6, 6.07) is 11.6. The van der Waals surface area contributed by atoms with Crippen LogP contribution in [-0.4, -0.2) is 45.8 Å². The molecule has 152 valence electrons. The van der Waals surface area contributed by atoms with E-state index in [4.69, 9.17) is 4.74 Å². The second-order valence-corrected chi connectivity index (χ2v) is 7.93. The van der Waals surface area contributed by atoms with Crippen molar-refractivity contribution >= 4 is 0 Å². The van der Waals surface area contributed by atoms with Crippen LogP contribution in [0.15, 0.2) is 42.6 Å². The van der Waals surface area contributed by atoms with Crippen molar-refractivity contribution in [2.45, 2.75) is 63.6 Å². The molecule has 0 radical (unpaired) electrons. The topological polar surface area (TPSA) is 65.8 Å². The Morgan fingerprint density at radius 3 is 2.57 bits per heavy atom. The lowest BCUT2D eigenvalue weighted by Gasteiger charge is -2.39. The number of aromatic hydroxyl groups is 1. The molecule has 1 aromatic heterocycles. The maximum atomic E-state index is 11.8. The van der Waals surface area contributed by atoms with E-state index in [1.54, 1.807) is 25.4 Å². The number of piperidine rings is 1. The summed E-state index contributed by atoms with van der Waals surface area (Å²) in [7, 11) is 1.55. The van der Waals surface area contributed by atoms with Gasteiger partial charge in [0, 0.05) is 29.9 Å². The zero-order chi connectivity index (χ0) is 20.1. The van der Waals surface area contributed by atoms with Gasteiger partial charge in [-0.25, -0.2) is 0 Å². The molecule has 0 saturated carbocycles. The molecule has 5 heteroatoms. The highest BCUT2D eigenvalue weighted by Crippen LogP contribution is 2.40. The smallest absolute Gasteiger partial charge is 0.135 e. The van der Waals surface area contributed by atoms with Crippen molar-refractivity contribution in [1.82, 2.24) is 9.88 Å². The molecule has 2 aromatic rings. The molecule has 0 spiro atoms. The van der Waals surface area contributed by atoms with Gasteiger partial charge in [-0.1, -0.05) is 12.5 Å². The third kappa shape index (κ3) is 4.31. The van der Waals surface area contributed by atoms with Crippen LogP contribution in [0, 0.1) is 0 Å². The van der Waals surface area contributed by atoms with Crippen molar-refractivity contribution in [3.05, 3.63) is 53.9 Å². The van der Waals surface area contributed by atoms with Gasteiger partial charge in [-0.3, -0.25) is 9.88 Å². The molecule has 1 aromatic carbocycles. The van der Waals surface area contributed by atoms with Gasteiger partial charge in [-0.2, -0.15) is 0 Å². The second-order valence-electron chi connectivity index (χ2n) is 7.93. The molecule has 1 aliphatic heterocycles. The molecule has 3 atom stereocenters. The number of likely N-dealkylation sites (tertiary alicyclic amines) is 1. The molecule has 0 amide bonds. The highest BCUT2D eigenvalue weighted by Gasteiger charge is 2.36. The third-order valence-electron chi connectivity index (χ3n) is 6.05. The van der Waals surface area contributed by atoms with E-state index >= 15 is 0 Å². The Bertz CT molecular complexity index is 758. The molecule has 1 aliphatic rings. The Hall–Kier alpha value is -2.11. The van der Waals surface area contributed by atoms with Gasteiger partial charge in [0.2, 0.25) is 0 Å². The summed E-state index contributed by atoms with van der Waals surface area (Å²) in [5.74, 6) is 0.577. The fraction of sp³-hybridized carbons (Fsp3) is 0.522. The molecular weight excluding hydrogens is 352 g/mol. The second kappa shape index (κ2) is 8.93. The standard InChI is InChI=1S/C23H32N2O3/c1-17-8-6-9-18(2)25(17)15-7-13-23(27,22-10-4-5-14-24-22)20-12-11-19(26)16-21(20)28-3/h4-5,10-12,14,16-18,26-27H,6-9,13,15H2,1-3H3/t17-,18+,23-/m1/s1.